The maximum Gasteiger partial charge on any atom is 0.240 e. The fourth-order valence-electron chi connectivity index (χ4n) is 2.55. The summed E-state index contributed by atoms with van der Waals surface area (Å²) >= 11 is 0. The molecule has 2 rings (SSSR count). The zero-order valence-electron chi connectivity index (χ0n) is 12.1. The van der Waals surface area contributed by atoms with Crippen molar-refractivity contribution in [1.82, 2.24) is 4.72 Å². The van der Waals surface area contributed by atoms with Crippen LogP contribution in [0.15, 0.2) is 23.1 Å². The summed E-state index contributed by atoms with van der Waals surface area (Å²) in [5.74, 6) is 0. The Hall–Kier alpha value is -1.11. The van der Waals surface area contributed by atoms with Gasteiger partial charge in [0.15, 0.2) is 0 Å². The van der Waals surface area contributed by atoms with Crippen LogP contribution < -0.4 is 10.5 Å². The first kappa shape index (κ1) is 15.3. The first-order valence-corrected chi connectivity index (χ1v) is 8.20. The normalized spacial score (nSPS) is 22.6. The van der Waals surface area contributed by atoms with Gasteiger partial charge in [0.2, 0.25) is 10.0 Å². The molecule has 0 amide bonds. The Morgan fingerprint density at radius 2 is 2.05 bits per heavy atom. The summed E-state index contributed by atoms with van der Waals surface area (Å²) in [7, 11) is -3.54. The Kier molecular flexibility index (Phi) is 4.09. The van der Waals surface area contributed by atoms with Crippen molar-refractivity contribution >= 4 is 15.7 Å². The second-order valence-electron chi connectivity index (χ2n) is 6.00. The van der Waals surface area contributed by atoms with Crippen LogP contribution in [0, 0.1) is 6.92 Å². The number of aryl methyl sites for hydroxylation is 1. The third-order valence-electron chi connectivity index (χ3n) is 3.40. The third kappa shape index (κ3) is 3.71. The molecule has 5 nitrogen and oxygen atoms in total. The molecule has 1 fully saturated rings. The summed E-state index contributed by atoms with van der Waals surface area (Å²) in [5, 5.41) is 0. The third-order valence-corrected chi connectivity index (χ3v) is 4.90. The van der Waals surface area contributed by atoms with Crippen molar-refractivity contribution in [3.8, 4) is 0 Å². The van der Waals surface area contributed by atoms with Crippen LogP contribution in [0.2, 0.25) is 0 Å². The molecule has 0 aliphatic carbocycles. The Labute approximate surface area is 120 Å². The van der Waals surface area contributed by atoms with E-state index in [-0.39, 0.29) is 16.5 Å². The van der Waals surface area contributed by atoms with Crippen molar-refractivity contribution in [2.75, 3.05) is 12.3 Å². The van der Waals surface area contributed by atoms with Gasteiger partial charge in [0.25, 0.3) is 0 Å². The van der Waals surface area contributed by atoms with Crippen molar-refractivity contribution in [1.29, 1.82) is 0 Å². The summed E-state index contributed by atoms with van der Waals surface area (Å²) in [5.41, 5.74) is 6.71. The van der Waals surface area contributed by atoms with Crippen LogP contribution in [0.4, 0.5) is 5.69 Å². The Morgan fingerprint density at radius 1 is 1.35 bits per heavy atom. The summed E-state index contributed by atoms with van der Waals surface area (Å²) in [6.07, 6.45) is 1.34. The highest BCUT2D eigenvalue weighted by Crippen LogP contribution is 2.25. The van der Waals surface area contributed by atoms with E-state index in [2.05, 4.69) is 4.72 Å². The zero-order valence-corrected chi connectivity index (χ0v) is 13.0. The van der Waals surface area contributed by atoms with Crippen molar-refractivity contribution in [2.45, 2.75) is 50.2 Å². The van der Waals surface area contributed by atoms with Crippen molar-refractivity contribution in [3.05, 3.63) is 23.8 Å². The number of sulfonamides is 1. The highest BCUT2D eigenvalue weighted by molar-refractivity contribution is 7.89. The molecular weight excluding hydrogens is 276 g/mol. The second kappa shape index (κ2) is 5.35. The molecule has 0 aromatic heterocycles. The molecule has 1 aliphatic heterocycles. The Morgan fingerprint density at radius 3 is 2.65 bits per heavy atom. The smallest absolute Gasteiger partial charge is 0.240 e. The lowest BCUT2D eigenvalue weighted by Gasteiger charge is -2.35. The van der Waals surface area contributed by atoms with E-state index in [0.29, 0.717) is 25.1 Å². The highest BCUT2D eigenvalue weighted by Gasteiger charge is 2.31. The molecular formula is C14H22N2O3S. The predicted molar refractivity (Wildman–Crippen MR) is 79.0 cm³/mol. The SMILES string of the molecule is Cc1cc(N)cc(S(=O)(=O)NC2CCOC(C)(C)C2)c1. The van der Waals surface area contributed by atoms with Gasteiger partial charge in [0, 0.05) is 18.3 Å². The van der Waals surface area contributed by atoms with Crippen LogP contribution in [0.25, 0.3) is 0 Å². The van der Waals surface area contributed by atoms with E-state index in [1.165, 1.54) is 6.07 Å². The van der Waals surface area contributed by atoms with E-state index in [1.807, 2.05) is 20.8 Å². The lowest BCUT2D eigenvalue weighted by Crippen LogP contribution is -2.45. The van der Waals surface area contributed by atoms with E-state index in [0.717, 1.165) is 5.56 Å². The summed E-state index contributed by atoms with van der Waals surface area (Å²) in [4.78, 5) is 0.222. The summed E-state index contributed by atoms with van der Waals surface area (Å²) in [6, 6.07) is 4.75. The number of nitrogens with two attached hydrogens (primary N) is 1. The molecule has 6 heteroatoms. The minimum absolute atomic E-state index is 0.106. The van der Waals surface area contributed by atoms with E-state index in [9.17, 15) is 8.42 Å². The Balaban J connectivity index is 2.19. The molecule has 0 spiro atoms. The number of rotatable bonds is 3. The second-order valence-corrected chi connectivity index (χ2v) is 7.71. The molecule has 112 valence electrons. The van der Waals surface area contributed by atoms with Gasteiger partial charge >= 0.3 is 0 Å². The number of ether oxygens (including phenoxy) is 1. The van der Waals surface area contributed by atoms with Crippen LogP contribution in [-0.4, -0.2) is 26.7 Å². The van der Waals surface area contributed by atoms with Gasteiger partial charge in [-0.2, -0.15) is 0 Å². The molecule has 20 heavy (non-hydrogen) atoms. The maximum absolute atomic E-state index is 12.4. The van der Waals surface area contributed by atoms with E-state index in [4.69, 9.17) is 10.5 Å². The van der Waals surface area contributed by atoms with E-state index >= 15 is 0 Å². The first-order chi connectivity index (χ1) is 9.18. The van der Waals surface area contributed by atoms with Crippen molar-refractivity contribution in [2.24, 2.45) is 0 Å². The van der Waals surface area contributed by atoms with Gasteiger partial charge in [0.05, 0.1) is 10.5 Å². The monoisotopic (exact) mass is 298 g/mol. The zero-order chi connectivity index (χ0) is 15.0. The number of benzene rings is 1. The maximum atomic E-state index is 12.4. The average molecular weight is 298 g/mol. The van der Waals surface area contributed by atoms with Crippen LogP contribution in [0.5, 0.6) is 0 Å². The van der Waals surface area contributed by atoms with Gasteiger partial charge < -0.3 is 10.5 Å². The van der Waals surface area contributed by atoms with E-state index < -0.39 is 10.0 Å². The molecule has 1 heterocycles. The number of nitrogens with one attached hydrogen (secondary N) is 1. The van der Waals surface area contributed by atoms with Gasteiger partial charge in [-0.15, -0.1) is 0 Å². The van der Waals surface area contributed by atoms with Gasteiger partial charge in [-0.25, -0.2) is 13.1 Å². The lowest BCUT2D eigenvalue weighted by molar-refractivity contribution is -0.0599. The number of anilines is 1. The van der Waals surface area contributed by atoms with Gasteiger partial charge in [-0.3, -0.25) is 0 Å². The minimum Gasteiger partial charge on any atom is -0.399 e. The average Bonchev–Trinajstić information content (AvgIpc) is 2.25. The molecule has 0 radical (unpaired) electrons. The van der Waals surface area contributed by atoms with Crippen LogP contribution >= 0.6 is 0 Å². The molecule has 1 saturated heterocycles. The molecule has 1 aromatic rings. The minimum atomic E-state index is -3.54. The highest BCUT2D eigenvalue weighted by atomic mass is 32.2. The predicted octanol–water partition coefficient (Wildman–Crippen LogP) is 1.81. The standard InChI is InChI=1S/C14H22N2O3S/c1-10-6-11(15)8-13(7-10)20(17,18)16-12-4-5-19-14(2,3)9-12/h6-8,12,16H,4-5,9,15H2,1-3H3. The first-order valence-electron chi connectivity index (χ1n) is 6.71. The number of hydrogen-bond donors (Lipinski definition) is 2. The van der Waals surface area contributed by atoms with Crippen molar-refractivity contribution < 1.29 is 13.2 Å². The molecule has 1 atom stereocenters. The number of hydrogen-bond acceptors (Lipinski definition) is 4. The largest absolute Gasteiger partial charge is 0.399 e. The fraction of sp³-hybridized carbons (Fsp3) is 0.571. The molecule has 0 saturated carbocycles. The molecule has 1 aliphatic rings. The lowest BCUT2D eigenvalue weighted by atomic mass is 9.95. The van der Waals surface area contributed by atoms with E-state index in [1.54, 1.807) is 12.1 Å². The summed E-state index contributed by atoms with van der Waals surface area (Å²) < 4.78 is 33.2. The van der Waals surface area contributed by atoms with Gasteiger partial charge in [0.1, 0.15) is 0 Å². The van der Waals surface area contributed by atoms with Crippen LogP contribution in [0.1, 0.15) is 32.3 Å². The number of nitrogen functional groups attached to an aromatic ring is 1. The topological polar surface area (TPSA) is 81.4 Å². The fourth-order valence-corrected chi connectivity index (χ4v) is 3.96. The van der Waals surface area contributed by atoms with Gasteiger partial charge in [-0.05, 0) is 57.4 Å². The quantitative estimate of drug-likeness (QED) is 0.834. The van der Waals surface area contributed by atoms with Crippen LogP contribution in [0.3, 0.4) is 0 Å². The van der Waals surface area contributed by atoms with Gasteiger partial charge in [-0.1, -0.05) is 0 Å². The molecule has 3 N–H and O–H groups in total. The van der Waals surface area contributed by atoms with Crippen LogP contribution in [-0.2, 0) is 14.8 Å². The summed E-state index contributed by atoms with van der Waals surface area (Å²) in [6.45, 7) is 6.33. The molecule has 0 bridgehead atoms. The van der Waals surface area contributed by atoms with Crippen molar-refractivity contribution in [3.63, 3.8) is 0 Å². The Bertz CT molecular complexity index is 576. The molecule has 1 aromatic carbocycles. The molecule has 1 unspecified atom stereocenters.